The van der Waals surface area contributed by atoms with Gasteiger partial charge in [-0.15, -0.1) is 0 Å². The van der Waals surface area contributed by atoms with Gasteiger partial charge in [-0.25, -0.2) is 9.97 Å². The van der Waals surface area contributed by atoms with E-state index in [2.05, 4.69) is 41.8 Å². The quantitative estimate of drug-likeness (QED) is 0.663. The highest BCUT2D eigenvalue weighted by Gasteiger charge is 2.13. The molecule has 4 nitrogen and oxygen atoms in total. The van der Waals surface area contributed by atoms with Gasteiger partial charge >= 0.3 is 0 Å². The van der Waals surface area contributed by atoms with Gasteiger partial charge in [-0.3, -0.25) is 0 Å². The van der Waals surface area contributed by atoms with E-state index in [9.17, 15) is 5.11 Å². The molecule has 0 aliphatic rings. The van der Waals surface area contributed by atoms with Crippen molar-refractivity contribution >= 4 is 31.9 Å². The van der Waals surface area contributed by atoms with Gasteiger partial charge in [0, 0.05) is 0 Å². The van der Waals surface area contributed by atoms with Gasteiger partial charge in [-0.2, -0.15) is 0 Å². The van der Waals surface area contributed by atoms with Crippen LogP contribution in [0.2, 0.25) is 0 Å². The number of aliphatic hydroxyl groups excluding tert-OH is 1. The molecule has 1 N–H and O–H groups in total. The van der Waals surface area contributed by atoms with Crippen molar-refractivity contribution in [3.63, 3.8) is 0 Å². The van der Waals surface area contributed by atoms with Gasteiger partial charge in [0.2, 0.25) is 0 Å². The standard InChI is InChI=1S/C12H10Br2N2O2/c1-18-8-4-2-7(3-5-8)11(17)9-6-10(13)16-12(14)15-9/h2-6,11,17H,1H3. The fraction of sp³-hybridized carbons (Fsp3) is 0.167. The number of methoxy groups -OCH3 is 1. The number of rotatable bonds is 3. The van der Waals surface area contributed by atoms with Crippen LogP contribution in [0.4, 0.5) is 0 Å². The highest BCUT2D eigenvalue weighted by molar-refractivity contribution is 9.11. The summed E-state index contributed by atoms with van der Waals surface area (Å²) in [6.45, 7) is 0. The van der Waals surface area contributed by atoms with E-state index in [1.807, 2.05) is 0 Å². The first kappa shape index (κ1) is 13.5. The summed E-state index contributed by atoms with van der Waals surface area (Å²) in [5.74, 6) is 0.746. The number of hydrogen-bond acceptors (Lipinski definition) is 4. The van der Waals surface area contributed by atoms with Crippen molar-refractivity contribution in [3.8, 4) is 5.75 Å². The molecule has 0 aliphatic heterocycles. The lowest BCUT2D eigenvalue weighted by Crippen LogP contribution is -2.03. The van der Waals surface area contributed by atoms with Crippen LogP contribution in [0.5, 0.6) is 5.75 Å². The first-order chi connectivity index (χ1) is 8.60. The SMILES string of the molecule is COc1ccc(C(O)c2cc(Br)nc(Br)n2)cc1. The number of benzene rings is 1. The van der Waals surface area contributed by atoms with Crippen molar-refractivity contribution in [2.24, 2.45) is 0 Å². The number of ether oxygens (including phenoxy) is 1. The summed E-state index contributed by atoms with van der Waals surface area (Å²) in [6, 6.07) is 8.87. The number of aliphatic hydroxyl groups is 1. The van der Waals surface area contributed by atoms with Crippen molar-refractivity contribution in [1.82, 2.24) is 9.97 Å². The molecule has 0 bridgehead atoms. The van der Waals surface area contributed by atoms with Gasteiger partial charge < -0.3 is 9.84 Å². The summed E-state index contributed by atoms with van der Waals surface area (Å²) < 4.78 is 6.12. The van der Waals surface area contributed by atoms with Gasteiger partial charge in [0.15, 0.2) is 4.73 Å². The molecule has 0 spiro atoms. The smallest absolute Gasteiger partial charge is 0.197 e. The Morgan fingerprint density at radius 3 is 2.39 bits per heavy atom. The molecule has 18 heavy (non-hydrogen) atoms. The first-order valence-corrected chi connectivity index (χ1v) is 6.71. The minimum absolute atomic E-state index is 0.430. The normalized spacial score (nSPS) is 12.2. The molecule has 1 atom stereocenters. The Morgan fingerprint density at radius 1 is 1.17 bits per heavy atom. The van der Waals surface area contributed by atoms with Gasteiger partial charge in [0.1, 0.15) is 16.5 Å². The molecule has 0 fully saturated rings. The maximum atomic E-state index is 10.2. The first-order valence-electron chi connectivity index (χ1n) is 5.12. The molecule has 2 aromatic rings. The summed E-state index contributed by atoms with van der Waals surface area (Å²) in [6.07, 6.45) is -0.800. The second-order valence-electron chi connectivity index (χ2n) is 3.56. The molecule has 0 radical (unpaired) electrons. The highest BCUT2D eigenvalue weighted by Crippen LogP contribution is 2.25. The molecular formula is C12H10Br2N2O2. The monoisotopic (exact) mass is 372 g/mol. The van der Waals surface area contributed by atoms with E-state index in [1.165, 1.54) is 0 Å². The molecule has 1 aromatic carbocycles. The lowest BCUT2D eigenvalue weighted by atomic mass is 10.1. The number of aromatic nitrogens is 2. The van der Waals surface area contributed by atoms with Crippen LogP contribution in [0.15, 0.2) is 39.7 Å². The molecule has 0 saturated heterocycles. The van der Waals surface area contributed by atoms with Crippen molar-refractivity contribution in [1.29, 1.82) is 0 Å². The van der Waals surface area contributed by atoms with Crippen LogP contribution in [-0.2, 0) is 0 Å². The zero-order valence-electron chi connectivity index (χ0n) is 9.47. The van der Waals surface area contributed by atoms with Crippen LogP contribution in [0.25, 0.3) is 0 Å². The van der Waals surface area contributed by atoms with Gasteiger partial charge in [-0.05, 0) is 55.6 Å². The Bertz CT molecular complexity index is 526. The largest absolute Gasteiger partial charge is 0.497 e. The van der Waals surface area contributed by atoms with Crippen molar-refractivity contribution in [3.05, 3.63) is 50.9 Å². The summed E-state index contributed by atoms with van der Waals surface area (Å²) in [5.41, 5.74) is 1.27. The minimum atomic E-state index is -0.800. The highest BCUT2D eigenvalue weighted by atomic mass is 79.9. The van der Waals surface area contributed by atoms with Crippen molar-refractivity contribution in [2.75, 3.05) is 7.11 Å². The number of halogens is 2. The molecule has 94 valence electrons. The predicted molar refractivity (Wildman–Crippen MR) is 74.5 cm³/mol. The third-order valence-corrected chi connectivity index (χ3v) is 3.16. The molecule has 0 aliphatic carbocycles. The predicted octanol–water partition coefficient (Wildman–Crippen LogP) is 3.09. The maximum absolute atomic E-state index is 10.2. The molecule has 0 amide bonds. The molecule has 1 unspecified atom stereocenters. The Hall–Kier alpha value is -0.980. The Kier molecular flexibility index (Phi) is 4.31. The van der Waals surface area contributed by atoms with E-state index in [1.54, 1.807) is 37.4 Å². The third-order valence-electron chi connectivity index (χ3n) is 2.40. The zero-order valence-corrected chi connectivity index (χ0v) is 12.6. The summed E-state index contributed by atoms with van der Waals surface area (Å²) >= 11 is 6.46. The van der Waals surface area contributed by atoms with Crippen LogP contribution in [0.1, 0.15) is 17.4 Å². The van der Waals surface area contributed by atoms with E-state index in [-0.39, 0.29) is 0 Å². The van der Waals surface area contributed by atoms with E-state index < -0.39 is 6.10 Å². The van der Waals surface area contributed by atoms with Crippen LogP contribution in [0, 0.1) is 0 Å². The lowest BCUT2D eigenvalue weighted by Gasteiger charge is -2.11. The van der Waals surface area contributed by atoms with E-state index in [0.29, 0.717) is 15.0 Å². The van der Waals surface area contributed by atoms with Crippen molar-refractivity contribution < 1.29 is 9.84 Å². The average Bonchev–Trinajstić information content (AvgIpc) is 2.37. The summed E-state index contributed by atoms with van der Waals surface area (Å²) in [4.78, 5) is 8.18. The molecule has 1 heterocycles. The number of hydrogen-bond donors (Lipinski definition) is 1. The van der Waals surface area contributed by atoms with E-state index >= 15 is 0 Å². The van der Waals surface area contributed by atoms with Gasteiger partial charge in [-0.1, -0.05) is 12.1 Å². The van der Waals surface area contributed by atoms with Gasteiger partial charge in [0.25, 0.3) is 0 Å². The minimum Gasteiger partial charge on any atom is -0.497 e. The molecule has 0 saturated carbocycles. The maximum Gasteiger partial charge on any atom is 0.197 e. The fourth-order valence-corrected chi connectivity index (χ4v) is 2.54. The Morgan fingerprint density at radius 2 is 1.83 bits per heavy atom. The molecule has 2 rings (SSSR count). The second kappa shape index (κ2) is 5.77. The lowest BCUT2D eigenvalue weighted by molar-refractivity contribution is 0.214. The molecule has 1 aromatic heterocycles. The van der Waals surface area contributed by atoms with Crippen LogP contribution in [-0.4, -0.2) is 22.2 Å². The third kappa shape index (κ3) is 3.07. The topological polar surface area (TPSA) is 55.2 Å². The van der Waals surface area contributed by atoms with E-state index in [4.69, 9.17) is 4.74 Å². The molecular weight excluding hydrogens is 364 g/mol. The van der Waals surface area contributed by atoms with Gasteiger partial charge in [0.05, 0.1) is 12.8 Å². The van der Waals surface area contributed by atoms with Crippen LogP contribution >= 0.6 is 31.9 Å². The Labute approximate surface area is 121 Å². The summed E-state index contributed by atoms with van der Waals surface area (Å²) in [7, 11) is 1.60. The van der Waals surface area contributed by atoms with E-state index in [0.717, 1.165) is 11.3 Å². The van der Waals surface area contributed by atoms with Crippen molar-refractivity contribution in [2.45, 2.75) is 6.10 Å². The van der Waals surface area contributed by atoms with Crippen LogP contribution in [0.3, 0.4) is 0 Å². The summed E-state index contributed by atoms with van der Waals surface area (Å²) in [5, 5.41) is 10.2. The second-order valence-corrected chi connectivity index (χ2v) is 5.08. The number of nitrogens with zero attached hydrogens (tertiary/aromatic N) is 2. The molecule has 6 heteroatoms. The van der Waals surface area contributed by atoms with Crippen LogP contribution < -0.4 is 4.74 Å². The zero-order chi connectivity index (χ0) is 13.1. The average molecular weight is 374 g/mol. The fourth-order valence-electron chi connectivity index (χ4n) is 1.50. The Balaban J connectivity index is 2.31.